The molecule has 1 saturated carbocycles. The van der Waals surface area contributed by atoms with Crippen molar-refractivity contribution in [1.82, 2.24) is 15.1 Å². The Hall–Kier alpha value is -2.76. The zero-order valence-corrected chi connectivity index (χ0v) is 12.1. The molecule has 1 N–H and O–H groups in total. The number of rotatable bonds is 3. The first kappa shape index (κ1) is 13.9. The Bertz CT molecular complexity index is 915. The predicted molar refractivity (Wildman–Crippen MR) is 81.5 cm³/mol. The monoisotopic (exact) mass is 313 g/mol. The summed E-state index contributed by atoms with van der Waals surface area (Å²) < 4.78 is 29.4. The number of nitrogens with one attached hydrogen (secondary N) is 1. The molecule has 0 aliphatic heterocycles. The van der Waals surface area contributed by atoms with Gasteiger partial charge in [-0.05, 0) is 43.2 Å². The maximum Gasteiger partial charge on any atom is 0.254 e. The summed E-state index contributed by atoms with van der Waals surface area (Å²) in [4.78, 5) is 12.1. The molecule has 0 unspecified atom stereocenters. The van der Waals surface area contributed by atoms with Crippen molar-refractivity contribution in [1.29, 1.82) is 0 Å². The van der Waals surface area contributed by atoms with Crippen LogP contribution in [0.4, 0.5) is 8.78 Å². The van der Waals surface area contributed by atoms with Gasteiger partial charge in [-0.25, -0.2) is 13.5 Å². The summed E-state index contributed by atoms with van der Waals surface area (Å²) in [5.74, 6) is -1.42. The fourth-order valence-electron chi connectivity index (χ4n) is 2.55. The molecule has 0 bridgehead atoms. The average molecular weight is 313 g/mol. The molecule has 1 aliphatic carbocycles. The minimum atomic E-state index is -0.608. The maximum atomic E-state index is 14.6. The highest BCUT2D eigenvalue weighted by Gasteiger charge is 2.26. The van der Waals surface area contributed by atoms with Crippen LogP contribution in [0.15, 0.2) is 42.6 Å². The van der Waals surface area contributed by atoms with Crippen molar-refractivity contribution in [3.63, 3.8) is 0 Å². The molecule has 0 radical (unpaired) electrons. The first-order chi connectivity index (χ1) is 11.1. The molecule has 3 aromatic rings. The van der Waals surface area contributed by atoms with Crippen LogP contribution in [0.3, 0.4) is 0 Å². The molecule has 4 rings (SSSR count). The van der Waals surface area contributed by atoms with Gasteiger partial charge in [0.15, 0.2) is 0 Å². The molecule has 1 amide bonds. The maximum absolute atomic E-state index is 14.6. The highest BCUT2D eigenvalue weighted by atomic mass is 19.1. The summed E-state index contributed by atoms with van der Waals surface area (Å²) in [7, 11) is 0. The van der Waals surface area contributed by atoms with Gasteiger partial charge >= 0.3 is 0 Å². The third-order valence-corrected chi connectivity index (χ3v) is 3.90. The lowest BCUT2D eigenvalue weighted by atomic mass is 10.1. The number of hydrogen-bond acceptors (Lipinski definition) is 2. The lowest BCUT2D eigenvalue weighted by Crippen LogP contribution is -2.26. The van der Waals surface area contributed by atoms with E-state index in [1.54, 1.807) is 18.2 Å². The van der Waals surface area contributed by atoms with E-state index in [9.17, 15) is 13.6 Å². The molecular formula is C17H13F2N3O. The molecule has 1 aromatic heterocycles. The van der Waals surface area contributed by atoms with Crippen molar-refractivity contribution < 1.29 is 13.6 Å². The van der Waals surface area contributed by atoms with Crippen molar-refractivity contribution in [2.24, 2.45) is 0 Å². The first-order valence-corrected chi connectivity index (χ1v) is 7.36. The van der Waals surface area contributed by atoms with Crippen LogP contribution < -0.4 is 5.32 Å². The van der Waals surface area contributed by atoms with Crippen LogP contribution in [0.1, 0.15) is 23.2 Å². The van der Waals surface area contributed by atoms with E-state index in [0.717, 1.165) is 12.8 Å². The summed E-state index contributed by atoms with van der Waals surface area (Å²) in [6.45, 7) is 0. The Morgan fingerprint density at radius 1 is 1.22 bits per heavy atom. The summed E-state index contributed by atoms with van der Waals surface area (Å²) in [6, 6.07) is 9.11. The van der Waals surface area contributed by atoms with E-state index in [4.69, 9.17) is 0 Å². The average Bonchev–Trinajstić information content (AvgIpc) is 3.23. The number of carbonyl (C=O) groups excluding carboxylic acids is 1. The molecule has 1 heterocycles. The van der Waals surface area contributed by atoms with Gasteiger partial charge in [-0.2, -0.15) is 5.10 Å². The highest BCUT2D eigenvalue weighted by molar-refractivity contribution is 5.99. The van der Waals surface area contributed by atoms with Gasteiger partial charge in [0.2, 0.25) is 0 Å². The number of hydrogen-bond donors (Lipinski definition) is 1. The van der Waals surface area contributed by atoms with Crippen LogP contribution in [0, 0.1) is 11.6 Å². The normalized spacial score (nSPS) is 14.2. The number of nitrogens with zero attached hydrogens (tertiary/aromatic N) is 2. The van der Waals surface area contributed by atoms with E-state index in [0.29, 0.717) is 11.2 Å². The second-order valence-corrected chi connectivity index (χ2v) is 5.64. The molecule has 1 aliphatic rings. The number of amides is 1. The van der Waals surface area contributed by atoms with Gasteiger partial charge in [0.05, 0.1) is 28.4 Å². The summed E-state index contributed by atoms with van der Waals surface area (Å²) >= 11 is 0. The Labute approximate surface area is 130 Å². The molecule has 0 saturated heterocycles. The predicted octanol–water partition coefficient (Wildman–Crippen LogP) is 3.20. The van der Waals surface area contributed by atoms with Crippen molar-refractivity contribution in [3.05, 3.63) is 59.8 Å². The zero-order valence-electron chi connectivity index (χ0n) is 12.1. The van der Waals surface area contributed by atoms with Gasteiger partial charge in [0.25, 0.3) is 5.91 Å². The van der Waals surface area contributed by atoms with Crippen molar-refractivity contribution >= 4 is 16.8 Å². The third-order valence-electron chi connectivity index (χ3n) is 3.90. The Morgan fingerprint density at radius 2 is 2.04 bits per heavy atom. The van der Waals surface area contributed by atoms with Crippen LogP contribution in [0.5, 0.6) is 0 Å². The highest BCUT2D eigenvalue weighted by Crippen LogP contribution is 2.25. The van der Waals surface area contributed by atoms with Crippen molar-refractivity contribution in [2.75, 3.05) is 0 Å². The minimum Gasteiger partial charge on any atom is -0.349 e. The van der Waals surface area contributed by atoms with Gasteiger partial charge < -0.3 is 5.32 Å². The number of aromatic nitrogens is 2. The van der Waals surface area contributed by atoms with E-state index >= 15 is 0 Å². The zero-order chi connectivity index (χ0) is 16.0. The van der Waals surface area contributed by atoms with E-state index in [-0.39, 0.29) is 17.0 Å². The lowest BCUT2D eigenvalue weighted by Gasteiger charge is -2.07. The SMILES string of the molecule is O=C(NC1CC1)c1ccc2c(cnn2-c2cccc(F)c2)c1F. The van der Waals surface area contributed by atoms with Gasteiger partial charge in [0.1, 0.15) is 11.6 Å². The van der Waals surface area contributed by atoms with Crippen LogP contribution >= 0.6 is 0 Å². The molecule has 0 atom stereocenters. The van der Waals surface area contributed by atoms with Crippen LogP contribution in [-0.4, -0.2) is 21.7 Å². The Morgan fingerprint density at radius 3 is 2.78 bits per heavy atom. The van der Waals surface area contributed by atoms with E-state index in [2.05, 4.69) is 10.4 Å². The third kappa shape index (κ3) is 2.46. The van der Waals surface area contributed by atoms with Gasteiger partial charge in [-0.3, -0.25) is 4.79 Å². The van der Waals surface area contributed by atoms with E-state index in [1.807, 2.05) is 0 Å². The second kappa shape index (κ2) is 5.15. The molecule has 2 aromatic carbocycles. The molecule has 6 heteroatoms. The van der Waals surface area contributed by atoms with Crippen molar-refractivity contribution in [3.8, 4) is 5.69 Å². The Balaban J connectivity index is 1.78. The number of benzene rings is 2. The van der Waals surface area contributed by atoms with Gasteiger partial charge in [-0.1, -0.05) is 6.07 Å². The molecule has 1 fully saturated rings. The van der Waals surface area contributed by atoms with Gasteiger partial charge in [-0.15, -0.1) is 0 Å². The standard InChI is InChI=1S/C17H13F2N3O/c18-10-2-1-3-12(8-10)22-15-7-6-13(16(19)14(15)9-20-22)17(23)21-11-4-5-11/h1-3,6-9,11H,4-5H2,(H,21,23). The molecule has 4 nitrogen and oxygen atoms in total. The van der Waals surface area contributed by atoms with E-state index in [1.165, 1.54) is 29.1 Å². The molecule has 23 heavy (non-hydrogen) atoms. The second-order valence-electron chi connectivity index (χ2n) is 5.64. The summed E-state index contributed by atoms with van der Waals surface area (Å²) in [5.41, 5.74) is 0.980. The lowest BCUT2D eigenvalue weighted by molar-refractivity contribution is 0.0947. The molecular weight excluding hydrogens is 300 g/mol. The summed E-state index contributed by atoms with van der Waals surface area (Å²) in [5, 5.41) is 7.12. The smallest absolute Gasteiger partial charge is 0.254 e. The summed E-state index contributed by atoms with van der Waals surface area (Å²) in [6.07, 6.45) is 3.23. The quantitative estimate of drug-likeness (QED) is 0.807. The number of halogens is 2. The Kier molecular flexibility index (Phi) is 3.11. The largest absolute Gasteiger partial charge is 0.349 e. The fourth-order valence-corrected chi connectivity index (χ4v) is 2.55. The van der Waals surface area contributed by atoms with E-state index < -0.39 is 17.5 Å². The molecule has 0 spiro atoms. The van der Waals surface area contributed by atoms with Crippen LogP contribution in [0.25, 0.3) is 16.6 Å². The van der Waals surface area contributed by atoms with Gasteiger partial charge in [0, 0.05) is 6.04 Å². The first-order valence-electron chi connectivity index (χ1n) is 7.36. The fraction of sp³-hybridized carbons (Fsp3) is 0.176. The van der Waals surface area contributed by atoms with Crippen LogP contribution in [0.2, 0.25) is 0 Å². The van der Waals surface area contributed by atoms with Crippen molar-refractivity contribution in [2.45, 2.75) is 18.9 Å². The minimum absolute atomic E-state index is 0.00296. The number of carbonyl (C=O) groups is 1. The molecule has 116 valence electrons. The van der Waals surface area contributed by atoms with Crippen LogP contribution in [-0.2, 0) is 0 Å². The topological polar surface area (TPSA) is 46.9 Å². The number of fused-ring (bicyclic) bond motifs is 1.